The van der Waals surface area contributed by atoms with Gasteiger partial charge in [-0.05, 0) is 11.5 Å². The molecule has 0 radical (unpaired) electrons. The van der Waals surface area contributed by atoms with Crippen LogP contribution in [0.1, 0.15) is 11.7 Å². The van der Waals surface area contributed by atoms with E-state index in [-0.39, 0.29) is 12.6 Å². The van der Waals surface area contributed by atoms with Crippen LogP contribution in [-0.2, 0) is 0 Å². The number of hydrogen-bond donors (Lipinski definition) is 2. The molecule has 3 N–H and O–H groups in total. The minimum atomic E-state index is -0.372. The molecule has 0 aliphatic carbocycles. The Kier molecular flexibility index (Phi) is 2.10. The molecule has 1 aromatic rings. The summed E-state index contributed by atoms with van der Waals surface area (Å²) in [6.07, 6.45) is 0. The van der Waals surface area contributed by atoms with Gasteiger partial charge < -0.3 is 10.8 Å². The van der Waals surface area contributed by atoms with E-state index >= 15 is 0 Å². The van der Waals surface area contributed by atoms with Gasteiger partial charge in [0.05, 0.1) is 18.3 Å². The van der Waals surface area contributed by atoms with E-state index in [0.29, 0.717) is 5.69 Å². The van der Waals surface area contributed by atoms with Crippen LogP contribution in [0.15, 0.2) is 5.38 Å². The van der Waals surface area contributed by atoms with Crippen molar-refractivity contribution in [1.82, 2.24) is 9.59 Å². The molecule has 50 valence electrons. The number of nitrogens with two attached hydrogens (primary N) is 1. The van der Waals surface area contributed by atoms with Gasteiger partial charge in [-0.25, -0.2) is 0 Å². The minimum absolute atomic E-state index is 0.0780. The summed E-state index contributed by atoms with van der Waals surface area (Å²) in [5.41, 5.74) is 6.05. The van der Waals surface area contributed by atoms with Gasteiger partial charge in [0.1, 0.15) is 0 Å². The molecule has 0 spiro atoms. The third-order valence-corrected chi connectivity index (χ3v) is 1.48. The molecule has 1 aromatic heterocycles. The lowest BCUT2D eigenvalue weighted by atomic mass is 10.3. The Bertz CT molecular complexity index is 164. The van der Waals surface area contributed by atoms with Crippen LogP contribution in [0.4, 0.5) is 0 Å². The molecule has 0 saturated carbocycles. The van der Waals surface area contributed by atoms with Crippen LogP contribution in [0.5, 0.6) is 0 Å². The largest absolute Gasteiger partial charge is 0.394 e. The molecule has 9 heavy (non-hydrogen) atoms. The van der Waals surface area contributed by atoms with Gasteiger partial charge in [0.15, 0.2) is 0 Å². The third-order valence-electron chi connectivity index (χ3n) is 0.953. The lowest BCUT2D eigenvalue weighted by Crippen LogP contribution is -2.14. The molecule has 5 heteroatoms. The van der Waals surface area contributed by atoms with Crippen molar-refractivity contribution in [1.29, 1.82) is 0 Å². The van der Waals surface area contributed by atoms with Gasteiger partial charge in [-0.15, -0.1) is 5.10 Å². The monoisotopic (exact) mass is 145 g/mol. The highest BCUT2D eigenvalue weighted by atomic mass is 32.1. The third kappa shape index (κ3) is 1.44. The average molecular weight is 145 g/mol. The highest BCUT2D eigenvalue weighted by molar-refractivity contribution is 7.03. The van der Waals surface area contributed by atoms with Crippen molar-refractivity contribution in [2.75, 3.05) is 6.61 Å². The van der Waals surface area contributed by atoms with E-state index in [1.165, 1.54) is 11.5 Å². The molecule has 1 atom stereocenters. The van der Waals surface area contributed by atoms with Gasteiger partial charge in [-0.2, -0.15) is 0 Å². The molecule has 0 aromatic carbocycles. The predicted molar refractivity (Wildman–Crippen MR) is 33.9 cm³/mol. The van der Waals surface area contributed by atoms with Crippen molar-refractivity contribution in [3.8, 4) is 0 Å². The number of nitrogens with zero attached hydrogens (tertiary/aromatic N) is 2. The maximum Gasteiger partial charge on any atom is 0.0946 e. The van der Waals surface area contributed by atoms with Crippen LogP contribution >= 0.6 is 11.5 Å². The van der Waals surface area contributed by atoms with Gasteiger partial charge in [0.2, 0.25) is 0 Å². The first-order chi connectivity index (χ1) is 4.34. The molecule has 0 unspecified atom stereocenters. The van der Waals surface area contributed by atoms with Crippen LogP contribution in [-0.4, -0.2) is 21.3 Å². The Morgan fingerprint density at radius 3 is 3.11 bits per heavy atom. The van der Waals surface area contributed by atoms with E-state index in [2.05, 4.69) is 9.59 Å². The summed E-state index contributed by atoms with van der Waals surface area (Å²) in [5.74, 6) is 0. The second-order valence-corrected chi connectivity index (χ2v) is 2.23. The Balaban J connectivity index is 2.65. The smallest absolute Gasteiger partial charge is 0.0946 e. The Morgan fingerprint density at radius 2 is 2.67 bits per heavy atom. The second kappa shape index (κ2) is 2.86. The van der Waals surface area contributed by atoms with Gasteiger partial charge in [-0.1, -0.05) is 4.49 Å². The zero-order chi connectivity index (χ0) is 6.69. The van der Waals surface area contributed by atoms with Crippen molar-refractivity contribution in [3.05, 3.63) is 11.1 Å². The maximum absolute atomic E-state index is 8.52. The van der Waals surface area contributed by atoms with Crippen molar-refractivity contribution in [2.45, 2.75) is 6.04 Å². The van der Waals surface area contributed by atoms with E-state index in [9.17, 15) is 0 Å². The van der Waals surface area contributed by atoms with Gasteiger partial charge in [-0.3, -0.25) is 0 Å². The molecule has 0 aliphatic rings. The maximum atomic E-state index is 8.52. The topological polar surface area (TPSA) is 72.0 Å². The van der Waals surface area contributed by atoms with E-state index < -0.39 is 0 Å². The van der Waals surface area contributed by atoms with Gasteiger partial charge in [0.25, 0.3) is 0 Å². The molecule has 0 saturated heterocycles. The quantitative estimate of drug-likeness (QED) is 0.590. The fraction of sp³-hybridized carbons (Fsp3) is 0.500. The number of aliphatic hydroxyl groups is 1. The molecule has 1 heterocycles. The lowest BCUT2D eigenvalue weighted by molar-refractivity contribution is 0.266. The summed E-state index contributed by atoms with van der Waals surface area (Å²) < 4.78 is 3.59. The molecule has 1 rings (SSSR count). The van der Waals surface area contributed by atoms with Crippen LogP contribution in [0.3, 0.4) is 0 Å². The fourth-order valence-corrected chi connectivity index (χ4v) is 0.945. The molecular weight excluding hydrogens is 138 g/mol. The highest BCUT2D eigenvalue weighted by Crippen LogP contribution is 2.05. The van der Waals surface area contributed by atoms with Crippen LogP contribution in [0, 0.1) is 0 Å². The summed E-state index contributed by atoms with van der Waals surface area (Å²) in [6.45, 7) is -0.0780. The Labute approximate surface area is 56.5 Å². The average Bonchev–Trinajstić information content (AvgIpc) is 2.37. The number of aromatic nitrogens is 2. The molecule has 0 bridgehead atoms. The summed E-state index contributed by atoms with van der Waals surface area (Å²) in [6, 6.07) is -0.372. The molecular formula is C4H7N3OS. The predicted octanol–water partition coefficient (Wildman–Crippen LogP) is -0.470. The van der Waals surface area contributed by atoms with Crippen molar-refractivity contribution < 1.29 is 5.11 Å². The zero-order valence-electron chi connectivity index (χ0n) is 4.69. The first-order valence-electron chi connectivity index (χ1n) is 2.48. The Morgan fingerprint density at radius 1 is 1.89 bits per heavy atom. The van der Waals surface area contributed by atoms with E-state index in [0.717, 1.165) is 0 Å². The summed E-state index contributed by atoms with van der Waals surface area (Å²) >= 11 is 1.23. The molecule has 0 fully saturated rings. The number of rotatable bonds is 2. The number of aliphatic hydroxyl groups excluding tert-OH is 1. The van der Waals surface area contributed by atoms with Gasteiger partial charge in [0, 0.05) is 5.38 Å². The van der Waals surface area contributed by atoms with E-state index in [4.69, 9.17) is 10.8 Å². The standard InChI is InChI=1S/C4H7N3OS/c5-3(1-8)4-2-9-7-6-4/h2-3,8H,1,5H2/t3-/m0/s1. The highest BCUT2D eigenvalue weighted by Gasteiger charge is 2.05. The summed E-state index contributed by atoms with van der Waals surface area (Å²) in [5, 5.41) is 13.9. The van der Waals surface area contributed by atoms with Crippen LogP contribution in [0.25, 0.3) is 0 Å². The van der Waals surface area contributed by atoms with Crippen LogP contribution < -0.4 is 5.73 Å². The minimum Gasteiger partial charge on any atom is -0.394 e. The molecule has 4 nitrogen and oxygen atoms in total. The first kappa shape index (κ1) is 6.60. The van der Waals surface area contributed by atoms with Crippen molar-refractivity contribution in [3.63, 3.8) is 0 Å². The summed E-state index contributed by atoms with van der Waals surface area (Å²) in [4.78, 5) is 0. The Hall–Kier alpha value is -0.520. The van der Waals surface area contributed by atoms with Gasteiger partial charge >= 0.3 is 0 Å². The molecule has 0 amide bonds. The first-order valence-corrected chi connectivity index (χ1v) is 3.31. The summed E-state index contributed by atoms with van der Waals surface area (Å²) in [7, 11) is 0. The SMILES string of the molecule is N[C@@H](CO)c1csnn1. The van der Waals surface area contributed by atoms with E-state index in [1.807, 2.05) is 0 Å². The number of hydrogen-bond acceptors (Lipinski definition) is 5. The fourth-order valence-electron chi connectivity index (χ4n) is 0.427. The normalized spacial score (nSPS) is 13.6. The van der Waals surface area contributed by atoms with Crippen molar-refractivity contribution >= 4 is 11.5 Å². The lowest BCUT2D eigenvalue weighted by Gasteiger charge is -1.99. The van der Waals surface area contributed by atoms with Crippen LogP contribution in [0.2, 0.25) is 0 Å². The van der Waals surface area contributed by atoms with Crippen molar-refractivity contribution in [2.24, 2.45) is 5.73 Å². The zero-order valence-corrected chi connectivity index (χ0v) is 5.51. The second-order valence-electron chi connectivity index (χ2n) is 1.62. The van der Waals surface area contributed by atoms with E-state index in [1.54, 1.807) is 5.38 Å². The molecule has 0 aliphatic heterocycles.